The van der Waals surface area contributed by atoms with Crippen LogP contribution < -0.4 is 5.32 Å². The molecule has 21 heavy (non-hydrogen) atoms. The highest BCUT2D eigenvalue weighted by molar-refractivity contribution is 5.51. The zero-order valence-electron chi connectivity index (χ0n) is 12.3. The Bertz CT molecular complexity index is 619. The van der Waals surface area contributed by atoms with Gasteiger partial charge in [0.25, 0.3) is 0 Å². The van der Waals surface area contributed by atoms with Crippen molar-refractivity contribution in [3.8, 4) is 11.6 Å². The summed E-state index contributed by atoms with van der Waals surface area (Å²) in [6.45, 7) is 1.99. The molecule has 1 saturated carbocycles. The SMILES string of the molecule is Cc1ccoc1-c1noc(C2CCC3CCCCC3N2)n1. The molecule has 4 rings (SSSR count). The lowest BCUT2D eigenvalue weighted by Gasteiger charge is -2.39. The van der Waals surface area contributed by atoms with Gasteiger partial charge in [0, 0.05) is 6.04 Å². The van der Waals surface area contributed by atoms with Gasteiger partial charge in [0.1, 0.15) is 0 Å². The molecule has 2 aromatic heterocycles. The van der Waals surface area contributed by atoms with Crippen molar-refractivity contribution >= 4 is 0 Å². The number of aromatic nitrogens is 2. The highest BCUT2D eigenvalue weighted by Gasteiger charge is 2.34. The molecule has 3 unspecified atom stereocenters. The summed E-state index contributed by atoms with van der Waals surface area (Å²) in [5.41, 5.74) is 1.03. The quantitative estimate of drug-likeness (QED) is 0.914. The fourth-order valence-corrected chi connectivity index (χ4v) is 3.76. The first kappa shape index (κ1) is 13.1. The van der Waals surface area contributed by atoms with E-state index in [9.17, 15) is 0 Å². The molecule has 0 aromatic carbocycles. The molecule has 2 fully saturated rings. The van der Waals surface area contributed by atoms with Gasteiger partial charge >= 0.3 is 0 Å². The summed E-state index contributed by atoms with van der Waals surface area (Å²) in [7, 11) is 0. The number of hydrogen-bond donors (Lipinski definition) is 1. The van der Waals surface area contributed by atoms with Gasteiger partial charge in [0.15, 0.2) is 5.76 Å². The van der Waals surface area contributed by atoms with Crippen molar-refractivity contribution < 1.29 is 8.94 Å². The molecule has 1 aliphatic heterocycles. The maximum Gasteiger partial charge on any atom is 0.244 e. The third-order valence-electron chi connectivity index (χ3n) is 4.96. The maximum absolute atomic E-state index is 5.48. The summed E-state index contributed by atoms with van der Waals surface area (Å²) < 4.78 is 10.9. The summed E-state index contributed by atoms with van der Waals surface area (Å²) in [4.78, 5) is 4.54. The van der Waals surface area contributed by atoms with Gasteiger partial charge in [-0.25, -0.2) is 0 Å². The summed E-state index contributed by atoms with van der Waals surface area (Å²) in [6, 6.07) is 2.73. The van der Waals surface area contributed by atoms with Gasteiger partial charge in [-0.3, -0.25) is 0 Å². The van der Waals surface area contributed by atoms with Gasteiger partial charge in [0.05, 0.1) is 12.3 Å². The molecule has 1 N–H and O–H groups in total. The van der Waals surface area contributed by atoms with Crippen molar-refractivity contribution in [1.29, 1.82) is 0 Å². The Hall–Kier alpha value is -1.62. The standard InChI is InChI=1S/C16H21N3O2/c1-10-8-9-20-14(10)15-18-16(21-19-15)13-7-6-11-4-2-3-5-12(11)17-13/h8-9,11-13,17H,2-7H2,1H3. The van der Waals surface area contributed by atoms with Crippen molar-refractivity contribution in [1.82, 2.24) is 15.5 Å². The Kier molecular flexibility index (Phi) is 3.30. The number of hydrogen-bond acceptors (Lipinski definition) is 5. The van der Waals surface area contributed by atoms with Crippen molar-refractivity contribution in [2.45, 2.75) is 57.5 Å². The van der Waals surface area contributed by atoms with Crippen molar-refractivity contribution in [2.75, 3.05) is 0 Å². The molecule has 1 saturated heterocycles. The van der Waals surface area contributed by atoms with E-state index in [2.05, 4.69) is 15.5 Å². The molecule has 0 spiro atoms. The average Bonchev–Trinajstić information content (AvgIpc) is 3.15. The lowest BCUT2D eigenvalue weighted by Crippen LogP contribution is -2.44. The first-order chi connectivity index (χ1) is 10.3. The second kappa shape index (κ2) is 5.30. The summed E-state index contributed by atoms with van der Waals surface area (Å²) in [6.07, 6.45) is 9.37. The van der Waals surface area contributed by atoms with Crippen LogP contribution in [0, 0.1) is 12.8 Å². The number of fused-ring (bicyclic) bond motifs is 1. The fraction of sp³-hybridized carbons (Fsp3) is 0.625. The van der Waals surface area contributed by atoms with Crippen LogP contribution in [0.3, 0.4) is 0 Å². The first-order valence-corrected chi connectivity index (χ1v) is 7.95. The minimum atomic E-state index is 0.195. The minimum absolute atomic E-state index is 0.195. The molecular formula is C16H21N3O2. The van der Waals surface area contributed by atoms with Gasteiger partial charge in [0.2, 0.25) is 11.7 Å². The van der Waals surface area contributed by atoms with Gasteiger partial charge < -0.3 is 14.3 Å². The second-order valence-corrected chi connectivity index (χ2v) is 6.34. The maximum atomic E-state index is 5.48. The zero-order valence-corrected chi connectivity index (χ0v) is 12.3. The van der Waals surface area contributed by atoms with Crippen molar-refractivity contribution in [3.05, 3.63) is 23.8 Å². The lowest BCUT2D eigenvalue weighted by atomic mass is 9.78. The number of rotatable bonds is 2. The van der Waals surface area contributed by atoms with E-state index in [0.717, 1.165) is 17.9 Å². The fourth-order valence-electron chi connectivity index (χ4n) is 3.76. The van der Waals surface area contributed by atoms with Crippen molar-refractivity contribution in [3.63, 3.8) is 0 Å². The molecular weight excluding hydrogens is 266 g/mol. The van der Waals surface area contributed by atoms with Crippen LogP contribution in [0.4, 0.5) is 0 Å². The summed E-state index contributed by atoms with van der Waals surface area (Å²) >= 11 is 0. The van der Waals surface area contributed by atoms with Crippen LogP contribution in [0.1, 0.15) is 56.0 Å². The molecule has 0 bridgehead atoms. The highest BCUT2D eigenvalue weighted by Crippen LogP contribution is 2.36. The Balaban J connectivity index is 1.52. The monoisotopic (exact) mass is 287 g/mol. The lowest BCUT2D eigenvalue weighted by molar-refractivity contribution is 0.158. The largest absolute Gasteiger partial charge is 0.461 e. The third-order valence-corrected chi connectivity index (χ3v) is 4.96. The van der Waals surface area contributed by atoms with Crippen LogP contribution >= 0.6 is 0 Å². The Labute approximate surface area is 124 Å². The van der Waals surface area contributed by atoms with Crippen LogP contribution in [0.15, 0.2) is 21.3 Å². The zero-order chi connectivity index (χ0) is 14.2. The average molecular weight is 287 g/mol. The Morgan fingerprint density at radius 1 is 1.19 bits per heavy atom. The van der Waals surface area contributed by atoms with Gasteiger partial charge in [-0.15, -0.1) is 0 Å². The molecule has 3 atom stereocenters. The molecule has 5 nitrogen and oxygen atoms in total. The van der Waals surface area contributed by atoms with E-state index in [-0.39, 0.29) is 6.04 Å². The summed E-state index contributed by atoms with van der Waals surface area (Å²) in [5.74, 6) is 2.80. The minimum Gasteiger partial charge on any atom is -0.461 e. The predicted molar refractivity (Wildman–Crippen MR) is 77.6 cm³/mol. The Morgan fingerprint density at radius 2 is 2.10 bits per heavy atom. The van der Waals surface area contributed by atoms with Gasteiger partial charge in [-0.2, -0.15) is 4.98 Å². The second-order valence-electron chi connectivity index (χ2n) is 6.34. The van der Waals surface area contributed by atoms with E-state index >= 15 is 0 Å². The molecule has 5 heteroatoms. The normalized spacial score (nSPS) is 29.3. The van der Waals surface area contributed by atoms with Crippen LogP contribution in [0.25, 0.3) is 11.6 Å². The molecule has 2 aliphatic rings. The molecule has 1 aliphatic carbocycles. The molecule has 0 radical (unpaired) electrons. The van der Waals surface area contributed by atoms with Crippen LogP contribution in [-0.2, 0) is 0 Å². The molecule has 112 valence electrons. The van der Waals surface area contributed by atoms with E-state index in [0.29, 0.717) is 23.5 Å². The molecule has 2 aromatic rings. The number of nitrogens with one attached hydrogen (secondary N) is 1. The number of aryl methyl sites for hydroxylation is 1. The Morgan fingerprint density at radius 3 is 2.95 bits per heavy atom. The van der Waals surface area contributed by atoms with E-state index in [1.807, 2.05) is 13.0 Å². The third kappa shape index (κ3) is 2.39. The van der Waals surface area contributed by atoms with Gasteiger partial charge in [-0.05, 0) is 50.2 Å². The number of furan rings is 1. The first-order valence-electron chi connectivity index (χ1n) is 7.95. The van der Waals surface area contributed by atoms with E-state index in [1.165, 1.54) is 32.1 Å². The number of piperidine rings is 1. The topological polar surface area (TPSA) is 64.1 Å². The molecule has 3 heterocycles. The van der Waals surface area contributed by atoms with E-state index < -0.39 is 0 Å². The molecule has 0 amide bonds. The van der Waals surface area contributed by atoms with Crippen LogP contribution in [0.5, 0.6) is 0 Å². The van der Waals surface area contributed by atoms with E-state index in [4.69, 9.17) is 8.94 Å². The van der Waals surface area contributed by atoms with Crippen molar-refractivity contribution in [2.24, 2.45) is 5.92 Å². The van der Waals surface area contributed by atoms with Gasteiger partial charge in [-0.1, -0.05) is 18.0 Å². The summed E-state index contributed by atoms with van der Waals surface area (Å²) in [5, 5.41) is 7.80. The smallest absolute Gasteiger partial charge is 0.244 e. The van der Waals surface area contributed by atoms with Crippen LogP contribution in [-0.4, -0.2) is 16.2 Å². The van der Waals surface area contributed by atoms with E-state index in [1.54, 1.807) is 6.26 Å². The highest BCUT2D eigenvalue weighted by atomic mass is 16.5. The van der Waals surface area contributed by atoms with Crippen LogP contribution in [0.2, 0.25) is 0 Å². The predicted octanol–water partition coefficient (Wildman–Crippen LogP) is 3.62. The number of nitrogens with zero attached hydrogens (tertiary/aromatic N) is 2.